The number of carbonyl (C=O) groups excluding carboxylic acids is 1. The maximum absolute atomic E-state index is 13.9. The second kappa shape index (κ2) is 4.58. The number of para-hydroxylation sites is 1. The average Bonchev–Trinajstić information content (AvgIpc) is 2.77. The lowest BCUT2D eigenvalue weighted by molar-refractivity contribution is 0.100. The molecule has 1 aromatic carbocycles. The Balaban J connectivity index is 2.58. The van der Waals surface area contributed by atoms with Crippen molar-refractivity contribution in [2.75, 3.05) is 0 Å². The minimum absolute atomic E-state index is 0.217. The normalized spacial score (nSPS) is 12.4. The van der Waals surface area contributed by atoms with E-state index in [-0.39, 0.29) is 17.3 Å². The van der Waals surface area contributed by atoms with Crippen molar-refractivity contribution in [3.63, 3.8) is 0 Å². The Morgan fingerprint density at radius 3 is 2.78 bits per heavy atom. The molecule has 18 heavy (non-hydrogen) atoms. The molecule has 0 spiro atoms. The Hall–Kier alpha value is -2.21. The molecule has 5 nitrogen and oxygen atoms in total. The van der Waals surface area contributed by atoms with Gasteiger partial charge in [0.1, 0.15) is 11.5 Å². The van der Waals surface area contributed by atoms with E-state index in [9.17, 15) is 9.18 Å². The van der Waals surface area contributed by atoms with Crippen LogP contribution in [0.4, 0.5) is 4.39 Å². The average molecular weight is 248 g/mol. The van der Waals surface area contributed by atoms with Crippen molar-refractivity contribution in [2.45, 2.75) is 13.0 Å². The number of hydrogen-bond acceptors (Lipinski definition) is 3. The predicted octanol–water partition coefficient (Wildman–Crippen LogP) is 1.13. The van der Waals surface area contributed by atoms with Crippen LogP contribution >= 0.6 is 0 Å². The number of rotatable bonds is 3. The van der Waals surface area contributed by atoms with Gasteiger partial charge in [-0.15, -0.1) is 0 Å². The summed E-state index contributed by atoms with van der Waals surface area (Å²) >= 11 is 0. The van der Waals surface area contributed by atoms with Crippen molar-refractivity contribution in [1.82, 2.24) is 9.78 Å². The molecule has 0 unspecified atom stereocenters. The van der Waals surface area contributed by atoms with E-state index in [0.717, 1.165) is 0 Å². The summed E-state index contributed by atoms with van der Waals surface area (Å²) in [5.74, 6) is -1.07. The third-order valence-corrected chi connectivity index (χ3v) is 2.60. The lowest BCUT2D eigenvalue weighted by Crippen LogP contribution is -2.12. The fraction of sp³-hybridized carbons (Fsp3) is 0.167. The Morgan fingerprint density at radius 1 is 1.50 bits per heavy atom. The second-order valence-electron chi connectivity index (χ2n) is 4.00. The molecule has 1 amide bonds. The third kappa shape index (κ3) is 2.10. The number of primary amides is 1. The first kappa shape index (κ1) is 12.3. The van der Waals surface area contributed by atoms with Crippen LogP contribution in [0.5, 0.6) is 0 Å². The zero-order valence-electron chi connectivity index (χ0n) is 9.80. The van der Waals surface area contributed by atoms with Gasteiger partial charge in [-0.1, -0.05) is 12.1 Å². The number of halogens is 1. The Morgan fingerprint density at radius 2 is 2.22 bits per heavy atom. The molecule has 0 bridgehead atoms. The highest BCUT2D eigenvalue weighted by Crippen LogP contribution is 2.22. The van der Waals surface area contributed by atoms with Crippen molar-refractivity contribution in [2.24, 2.45) is 11.5 Å². The van der Waals surface area contributed by atoms with Crippen LogP contribution in [0, 0.1) is 5.82 Å². The molecule has 6 heteroatoms. The number of amides is 1. The highest BCUT2D eigenvalue weighted by Gasteiger charge is 2.15. The summed E-state index contributed by atoms with van der Waals surface area (Å²) < 4.78 is 15.1. The SMILES string of the molecule is C[C@H](N)c1cccc(F)c1-n1cc(C(N)=O)cn1. The maximum Gasteiger partial charge on any atom is 0.251 e. The van der Waals surface area contributed by atoms with Crippen molar-refractivity contribution >= 4 is 5.91 Å². The lowest BCUT2D eigenvalue weighted by atomic mass is 10.1. The highest BCUT2D eigenvalue weighted by molar-refractivity contribution is 5.92. The Labute approximate surface area is 103 Å². The number of benzene rings is 1. The van der Waals surface area contributed by atoms with Crippen LogP contribution in [-0.4, -0.2) is 15.7 Å². The molecule has 1 atom stereocenters. The molecular formula is C12H13FN4O. The van der Waals surface area contributed by atoms with E-state index in [2.05, 4.69) is 5.10 Å². The molecule has 0 saturated carbocycles. The van der Waals surface area contributed by atoms with Crippen molar-refractivity contribution in [1.29, 1.82) is 0 Å². The topological polar surface area (TPSA) is 86.9 Å². The summed E-state index contributed by atoms with van der Waals surface area (Å²) in [5, 5.41) is 3.93. The van der Waals surface area contributed by atoms with Crippen molar-refractivity contribution in [3.8, 4) is 5.69 Å². The van der Waals surface area contributed by atoms with Gasteiger partial charge in [0.15, 0.2) is 0 Å². The predicted molar refractivity (Wildman–Crippen MR) is 64.6 cm³/mol. The smallest absolute Gasteiger partial charge is 0.251 e. The summed E-state index contributed by atoms with van der Waals surface area (Å²) in [6.07, 6.45) is 2.67. The maximum atomic E-state index is 13.9. The molecule has 2 aromatic rings. The van der Waals surface area contributed by atoms with Crippen molar-refractivity contribution < 1.29 is 9.18 Å². The summed E-state index contributed by atoms with van der Waals surface area (Å²) in [5.41, 5.74) is 12.0. The zero-order valence-corrected chi connectivity index (χ0v) is 9.80. The number of aromatic nitrogens is 2. The molecule has 2 rings (SSSR count). The van der Waals surface area contributed by atoms with E-state index in [1.165, 1.54) is 23.1 Å². The molecule has 0 aliphatic carbocycles. The van der Waals surface area contributed by atoms with Gasteiger partial charge in [0.2, 0.25) is 0 Å². The molecule has 0 fully saturated rings. The number of nitrogens with two attached hydrogens (primary N) is 2. The molecule has 0 saturated heterocycles. The largest absolute Gasteiger partial charge is 0.366 e. The van der Waals surface area contributed by atoms with Crippen molar-refractivity contribution in [3.05, 3.63) is 47.5 Å². The molecule has 1 aromatic heterocycles. The first-order valence-corrected chi connectivity index (χ1v) is 5.39. The van der Waals surface area contributed by atoms with Gasteiger partial charge in [0.25, 0.3) is 5.91 Å². The summed E-state index contributed by atoms with van der Waals surface area (Å²) in [6.45, 7) is 1.75. The molecule has 4 N–H and O–H groups in total. The summed E-state index contributed by atoms with van der Waals surface area (Å²) in [7, 11) is 0. The molecule has 1 heterocycles. The fourth-order valence-corrected chi connectivity index (χ4v) is 1.71. The molecular weight excluding hydrogens is 235 g/mol. The number of carbonyl (C=O) groups is 1. The van der Waals surface area contributed by atoms with E-state index in [1.807, 2.05) is 0 Å². The summed E-state index contributed by atoms with van der Waals surface area (Å²) in [4.78, 5) is 11.0. The Bertz CT molecular complexity index is 592. The fourth-order valence-electron chi connectivity index (χ4n) is 1.71. The molecule has 94 valence electrons. The van der Waals surface area contributed by atoms with Gasteiger partial charge >= 0.3 is 0 Å². The summed E-state index contributed by atoms with van der Waals surface area (Å²) in [6, 6.07) is 4.26. The third-order valence-electron chi connectivity index (χ3n) is 2.60. The number of nitrogens with zero attached hydrogens (tertiary/aromatic N) is 2. The minimum Gasteiger partial charge on any atom is -0.366 e. The number of hydrogen-bond donors (Lipinski definition) is 2. The minimum atomic E-state index is -0.611. The van der Waals surface area contributed by atoms with E-state index in [4.69, 9.17) is 11.5 Å². The van der Waals surface area contributed by atoms with Gasteiger partial charge in [-0.25, -0.2) is 9.07 Å². The first-order chi connectivity index (χ1) is 8.50. The van der Waals surface area contributed by atoms with E-state index < -0.39 is 11.7 Å². The van der Waals surface area contributed by atoms with E-state index in [0.29, 0.717) is 5.56 Å². The van der Waals surface area contributed by atoms with Crippen LogP contribution in [0.15, 0.2) is 30.6 Å². The monoisotopic (exact) mass is 248 g/mol. The molecule has 0 aliphatic rings. The van der Waals surface area contributed by atoms with Crippen LogP contribution in [0.1, 0.15) is 28.9 Å². The van der Waals surface area contributed by atoms with Crippen LogP contribution in [0.3, 0.4) is 0 Å². The van der Waals surface area contributed by atoms with Crippen LogP contribution in [0.2, 0.25) is 0 Å². The second-order valence-corrected chi connectivity index (χ2v) is 4.00. The van der Waals surface area contributed by atoms with Gasteiger partial charge in [0, 0.05) is 12.2 Å². The van der Waals surface area contributed by atoms with E-state index >= 15 is 0 Å². The van der Waals surface area contributed by atoms with Gasteiger partial charge < -0.3 is 11.5 Å². The molecule has 0 aliphatic heterocycles. The van der Waals surface area contributed by atoms with Gasteiger partial charge in [-0.3, -0.25) is 4.79 Å². The van der Waals surface area contributed by atoms with Gasteiger partial charge in [0.05, 0.1) is 11.8 Å². The van der Waals surface area contributed by atoms with Crippen LogP contribution in [0.25, 0.3) is 5.69 Å². The van der Waals surface area contributed by atoms with Gasteiger partial charge in [-0.05, 0) is 18.6 Å². The first-order valence-electron chi connectivity index (χ1n) is 5.39. The lowest BCUT2D eigenvalue weighted by Gasteiger charge is -2.13. The van der Waals surface area contributed by atoms with E-state index in [1.54, 1.807) is 19.1 Å². The van der Waals surface area contributed by atoms with Crippen LogP contribution in [-0.2, 0) is 0 Å². The highest BCUT2D eigenvalue weighted by atomic mass is 19.1. The Kier molecular flexibility index (Phi) is 3.12. The van der Waals surface area contributed by atoms with Gasteiger partial charge in [-0.2, -0.15) is 5.10 Å². The quantitative estimate of drug-likeness (QED) is 0.853. The molecule has 0 radical (unpaired) electrons. The van der Waals surface area contributed by atoms with Crippen LogP contribution < -0.4 is 11.5 Å². The standard InChI is InChI=1S/C12H13FN4O/c1-7(14)9-3-2-4-10(13)11(9)17-6-8(5-16-17)12(15)18/h2-7H,14H2,1H3,(H2,15,18)/t7-/m0/s1. The zero-order chi connectivity index (χ0) is 13.3.